The van der Waals surface area contributed by atoms with Crippen LogP contribution in [0.4, 0.5) is 0 Å². The van der Waals surface area contributed by atoms with Crippen LogP contribution in [0.25, 0.3) is 5.69 Å². The van der Waals surface area contributed by atoms with Crippen LogP contribution in [0.1, 0.15) is 41.0 Å². The predicted octanol–water partition coefficient (Wildman–Crippen LogP) is 3.13. The highest BCUT2D eigenvalue weighted by Gasteiger charge is 2.34. The fourth-order valence-electron chi connectivity index (χ4n) is 3.58. The highest BCUT2D eigenvalue weighted by Crippen LogP contribution is 2.34. The first kappa shape index (κ1) is 16.9. The van der Waals surface area contributed by atoms with Gasteiger partial charge in [0.1, 0.15) is 0 Å². The number of carbonyl (C=O) groups excluding carboxylic acids is 1. The van der Waals surface area contributed by atoms with Gasteiger partial charge in [-0.25, -0.2) is 4.68 Å². The zero-order chi connectivity index (χ0) is 17.6. The number of nitrogens with zero attached hydrogens (tertiary/aromatic N) is 2. The average Bonchev–Trinajstić information content (AvgIpc) is 3.20. The van der Waals surface area contributed by atoms with Crippen molar-refractivity contribution in [2.24, 2.45) is 11.7 Å². The SMILES string of the molecule is NCC(NC(=O)c1nn(-c2ccc(Cl)cc2Cl)c2c1CCC2)C1CC1. The molecule has 0 saturated heterocycles. The molecular weight excluding hydrogens is 359 g/mol. The van der Waals surface area contributed by atoms with E-state index in [0.29, 0.717) is 28.2 Å². The lowest BCUT2D eigenvalue weighted by molar-refractivity contribution is 0.0927. The number of halogens is 2. The molecule has 25 heavy (non-hydrogen) atoms. The van der Waals surface area contributed by atoms with Gasteiger partial charge in [0.2, 0.25) is 0 Å². The topological polar surface area (TPSA) is 72.9 Å². The molecule has 1 atom stereocenters. The lowest BCUT2D eigenvalue weighted by atomic mass is 10.1. The fourth-order valence-corrected chi connectivity index (χ4v) is 4.07. The van der Waals surface area contributed by atoms with Crippen LogP contribution in [0, 0.1) is 5.92 Å². The molecule has 1 heterocycles. The monoisotopic (exact) mass is 378 g/mol. The Hall–Kier alpha value is -1.56. The summed E-state index contributed by atoms with van der Waals surface area (Å²) < 4.78 is 1.80. The largest absolute Gasteiger partial charge is 0.346 e. The molecule has 0 radical (unpaired) electrons. The summed E-state index contributed by atoms with van der Waals surface area (Å²) in [6.45, 7) is 0.461. The van der Waals surface area contributed by atoms with E-state index in [1.165, 1.54) is 0 Å². The van der Waals surface area contributed by atoms with Gasteiger partial charge in [-0.05, 0) is 56.2 Å². The zero-order valence-corrected chi connectivity index (χ0v) is 15.3. The van der Waals surface area contributed by atoms with E-state index in [1.807, 2.05) is 6.07 Å². The van der Waals surface area contributed by atoms with Crippen LogP contribution in [0.5, 0.6) is 0 Å². The van der Waals surface area contributed by atoms with Crippen LogP contribution >= 0.6 is 23.2 Å². The third kappa shape index (κ3) is 3.16. The minimum atomic E-state index is -0.135. The van der Waals surface area contributed by atoms with Gasteiger partial charge >= 0.3 is 0 Å². The third-order valence-corrected chi connectivity index (χ3v) is 5.58. The van der Waals surface area contributed by atoms with Crippen molar-refractivity contribution in [2.45, 2.75) is 38.1 Å². The molecule has 5 nitrogen and oxygen atoms in total. The molecule has 0 bridgehead atoms. The Morgan fingerprint density at radius 2 is 2.16 bits per heavy atom. The molecule has 132 valence electrons. The Labute approximate surface area is 156 Å². The summed E-state index contributed by atoms with van der Waals surface area (Å²) in [5, 5.41) is 8.76. The Balaban J connectivity index is 1.69. The van der Waals surface area contributed by atoms with Gasteiger partial charge in [-0.2, -0.15) is 5.10 Å². The highest BCUT2D eigenvalue weighted by atomic mass is 35.5. The highest BCUT2D eigenvalue weighted by molar-refractivity contribution is 6.35. The molecule has 2 aromatic rings. The Bertz CT molecular complexity index is 829. The van der Waals surface area contributed by atoms with E-state index in [1.54, 1.807) is 16.8 Å². The number of aromatic nitrogens is 2. The number of nitrogens with two attached hydrogens (primary N) is 1. The van der Waals surface area contributed by atoms with Crippen LogP contribution < -0.4 is 11.1 Å². The quantitative estimate of drug-likeness (QED) is 0.838. The Morgan fingerprint density at radius 3 is 2.84 bits per heavy atom. The van der Waals surface area contributed by atoms with Gasteiger partial charge in [-0.3, -0.25) is 4.79 Å². The van der Waals surface area contributed by atoms with E-state index in [2.05, 4.69) is 10.4 Å². The first-order valence-electron chi connectivity index (χ1n) is 8.65. The summed E-state index contributed by atoms with van der Waals surface area (Å²) in [6.07, 6.45) is 5.03. The molecule has 1 fully saturated rings. The summed E-state index contributed by atoms with van der Waals surface area (Å²) in [4.78, 5) is 12.8. The van der Waals surface area contributed by atoms with Crippen molar-refractivity contribution in [3.05, 3.63) is 45.2 Å². The molecule has 2 aliphatic rings. The van der Waals surface area contributed by atoms with Crippen molar-refractivity contribution in [3.63, 3.8) is 0 Å². The molecule has 1 aromatic carbocycles. The molecule has 1 aromatic heterocycles. The number of nitrogens with one attached hydrogen (secondary N) is 1. The van der Waals surface area contributed by atoms with E-state index in [9.17, 15) is 4.79 Å². The number of hydrogen-bond donors (Lipinski definition) is 2. The zero-order valence-electron chi connectivity index (χ0n) is 13.8. The van der Waals surface area contributed by atoms with Crippen molar-refractivity contribution < 1.29 is 4.79 Å². The van der Waals surface area contributed by atoms with Crippen LogP contribution in [-0.4, -0.2) is 28.3 Å². The Morgan fingerprint density at radius 1 is 1.36 bits per heavy atom. The summed E-state index contributed by atoms with van der Waals surface area (Å²) in [7, 11) is 0. The first-order valence-corrected chi connectivity index (χ1v) is 9.41. The third-order valence-electron chi connectivity index (χ3n) is 5.04. The van der Waals surface area contributed by atoms with Crippen molar-refractivity contribution in [2.75, 3.05) is 6.54 Å². The van der Waals surface area contributed by atoms with Crippen LogP contribution in [0.3, 0.4) is 0 Å². The second kappa shape index (κ2) is 6.63. The molecule has 0 spiro atoms. The lowest BCUT2D eigenvalue weighted by Crippen LogP contribution is -2.42. The number of amides is 1. The van der Waals surface area contributed by atoms with Crippen LogP contribution in [-0.2, 0) is 12.8 Å². The number of hydrogen-bond acceptors (Lipinski definition) is 3. The Kier molecular flexibility index (Phi) is 4.48. The maximum Gasteiger partial charge on any atom is 0.272 e. The van der Waals surface area contributed by atoms with Crippen LogP contribution in [0.2, 0.25) is 10.0 Å². The van der Waals surface area contributed by atoms with E-state index in [4.69, 9.17) is 28.9 Å². The molecule has 1 amide bonds. The van der Waals surface area contributed by atoms with E-state index >= 15 is 0 Å². The lowest BCUT2D eigenvalue weighted by Gasteiger charge is -2.15. The number of fused-ring (bicyclic) bond motifs is 1. The molecule has 1 unspecified atom stereocenters. The number of benzene rings is 1. The van der Waals surface area contributed by atoms with Gasteiger partial charge in [-0.1, -0.05) is 23.2 Å². The molecule has 1 saturated carbocycles. The second-order valence-corrected chi connectivity index (χ2v) is 7.63. The van der Waals surface area contributed by atoms with Gasteiger partial charge in [0.15, 0.2) is 5.69 Å². The van der Waals surface area contributed by atoms with Crippen molar-refractivity contribution in [1.29, 1.82) is 0 Å². The van der Waals surface area contributed by atoms with E-state index in [0.717, 1.165) is 49.0 Å². The predicted molar refractivity (Wildman–Crippen MR) is 98.6 cm³/mol. The number of carbonyl (C=O) groups is 1. The summed E-state index contributed by atoms with van der Waals surface area (Å²) >= 11 is 12.3. The van der Waals surface area contributed by atoms with E-state index in [-0.39, 0.29) is 11.9 Å². The maximum absolute atomic E-state index is 12.8. The maximum atomic E-state index is 12.8. The normalized spacial score (nSPS) is 17.4. The van der Waals surface area contributed by atoms with Gasteiger partial charge in [0, 0.05) is 28.9 Å². The van der Waals surface area contributed by atoms with Crippen molar-refractivity contribution in [1.82, 2.24) is 15.1 Å². The van der Waals surface area contributed by atoms with E-state index < -0.39 is 0 Å². The van der Waals surface area contributed by atoms with Crippen LogP contribution in [0.15, 0.2) is 18.2 Å². The summed E-state index contributed by atoms with van der Waals surface area (Å²) in [5.74, 6) is 0.374. The minimum absolute atomic E-state index is 0.0359. The molecule has 7 heteroatoms. The molecule has 4 rings (SSSR count). The number of rotatable bonds is 5. The summed E-state index contributed by atoms with van der Waals surface area (Å²) in [6, 6.07) is 5.35. The van der Waals surface area contributed by atoms with Gasteiger partial charge in [0.25, 0.3) is 5.91 Å². The van der Waals surface area contributed by atoms with Gasteiger partial charge in [-0.15, -0.1) is 0 Å². The summed E-state index contributed by atoms with van der Waals surface area (Å²) in [5.41, 5.74) is 9.14. The first-order chi connectivity index (χ1) is 12.1. The average molecular weight is 379 g/mol. The fraction of sp³-hybridized carbons (Fsp3) is 0.444. The molecule has 0 aliphatic heterocycles. The second-order valence-electron chi connectivity index (χ2n) is 6.79. The smallest absolute Gasteiger partial charge is 0.272 e. The molecule has 3 N–H and O–H groups in total. The molecule has 2 aliphatic carbocycles. The van der Waals surface area contributed by atoms with Crippen molar-refractivity contribution >= 4 is 29.1 Å². The standard InChI is InChI=1S/C18H20Cl2N4O/c19-11-6-7-16(13(20)8-11)24-15-3-1-2-12(15)17(23-24)18(25)22-14(9-21)10-4-5-10/h6-8,10,14H,1-5,9,21H2,(H,22,25). The minimum Gasteiger partial charge on any atom is -0.346 e. The van der Waals surface area contributed by atoms with Gasteiger partial charge < -0.3 is 11.1 Å². The van der Waals surface area contributed by atoms with Gasteiger partial charge in [0.05, 0.1) is 10.7 Å². The van der Waals surface area contributed by atoms with Crippen molar-refractivity contribution in [3.8, 4) is 5.69 Å². The molecular formula is C18H20Cl2N4O.